The first-order valence-electron chi connectivity index (χ1n) is 9.82. The van der Waals surface area contributed by atoms with Gasteiger partial charge in [-0.05, 0) is 47.2 Å². The molecule has 2 aromatic carbocycles. The van der Waals surface area contributed by atoms with Gasteiger partial charge in [0.15, 0.2) is 11.5 Å². The van der Waals surface area contributed by atoms with Crippen LogP contribution in [-0.4, -0.2) is 58.2 Å². The van der Waals surface area contributed by atoms with Gasteiger partial charge in [0.1, 0.15) is 30.5 Å². The Hall–Kier alpha value is -2.16. The summed E-state index contributed by atoms with van der Waals surface area (Å²) in [6.45, 7) is 1.86. The van der Waals surface area contributed by atoms with Gasteiger partial charge in [0, 0.05) is 0 Å². The van der Waals surface area contributed by atoms with Crippen molar-refractivity contribution in [3.63, 3.8) is 0 Å². The SMILES string of the molecule is CCc1ccc([C@@H]2O[C@H](CO)[C@@H](O)[C@H](O)[C@H]2O)cc1Cc1ccc2c(c1)OCO2. The zero-order valence-corrected chi connectivity index (χ0v) is 16.2. The van der Waals surface area contributed by atoms with E-state index in [-0.39, 0.29) is 6.79 Å². The molecule has 156 valence electrons. The van der Waals surface area contributed by atoms with E-state index in [1.165, 1.54) is 0 Å². The molecule has 0 radical (unpaired) electrons. The van der Waals surface area contributed by atoms with E-state index in [1.54, 1.807) is 0 Å². The maximum absolute atomic E-state index is 10.4. The largest absolute Gasteiger partial charge is 0.454 e. The molecule has 0 spiro atoms. The Morgan fingerprint density at radius 1 is 0.897 bits per heavy atom. The Bertz CT molecular complexity index is 866. The van der Waals surface area contributed by atoms with Crippen LogP contribution in [0.15, 0.2) is 36.4 Å². The zero-order valence-electron chi connectivity index (χ0n) is 16.2. The van der Waals surface area contributed by atoms with E-state index in [2.05, 4.69) is 6.92 Å². The number of hydrogen-bond donors (Lipinski definition) is 4. The molecule has 0 aliphatic carbocycles. The number of aryl methyl sites for hydroxylation is 1. The lowest BCUT2D eigenvalue weighted by Crippen LogP contribution is -2.55. The predicted octanol–water partition coefficient (Wildman–Crippen LogP) is 1.08. The van der Waals surface area contributed by atoms with Crippen LogP contribution in [0.4, 0.5) is 0 Å². The summed E-state index contributed by atoms with van der Waals surface area (Å²) in [4.78, 5) is 0. The molecule has 0 amide bonds. The molecular formula is C22H26O7. The molecule has 2 heterocycles. The number of rotatable bonds is 5. The van der Waals surface area contributed by atoms with Crippen LogP contribution in [0.25, 0.3) is 0 Å². The third-order valence-corrected chi connectivity index (χ3v) is 5.66. The number of aliphatic hydroxyl groups is 4. The van der Waals surface area contributed by atoms with Crippen LogP contribution in [-0.2, 0) is 17.6 Å². The number of ether oxygens (including phenoxy) is 3. The van der Waals surface area contributed by atoms with Gasteiger partial charge in [0.2, 0.25) is 6.79 Å². The average Bonchev–Trinajstić information content (AvgIpc) is 3.20. The molecule has 0 saturated carbocycles. The second-order valence-electron chi connectivity index (χ2n) is 7.50. The van der Waals surface area contributed by atoms with Crippen molar-refractivity contribution in [1.82, 2.24) is 0 Å². The van der Waals surface area contributed by atoms with E-state index in [0.717, 1.165) is 34.6 Å². The Morgan fingerprint density at radius 3 is 2.45 bits per heavy atom. The third kappa shape index (κ3) is 3.84. The standard InChI is InChI=1S/C22H26O7/c1-2-13-4-5-14(22-21(26)20(25)19(24)18(10-23)29-22)9-15(13)7-12-3-6-16-17(8-12)28-11-27-16/h3-6,8-9,18-26H,2,7,10-11H2,1H3/t18-,19-,20+,21-,22+/m1/s1. The molecule has 4 N–H and O–H groups in total. The van der Waals surface area contributed by atoms with Crippen LogP contribution in [0.2, 0.25) is 0 Å². The van der Waals surface area contributed by atoms with Crippen LogP contribution in [0.1, 0.15) is 35.3 Å². The second-order valence-corrected chi connectivity index (χ2v) is 7.50. The number of hydrogen-bond acceptors (Lipinski definition) is 7. The lowest BCUT2D eigenvalue weighted by Gasteiger charge is -2.40. The number of benzene rings is 2. The van der Waals surface area contributed by atoms with Gasteiger partial charge in [0.05, 0.1) is 6.61 Å². The highest BCUT2D eigenvalue weighted by atomic mass is 16.7. The molecule has 7 heteroatoms. The Balaban J connectivity index is 1.63. The van der Waals surface area contributed by atoms with Crippen molar-refractivity contribution in [2.75, 3.05) is 13.4 Å². The second kappa shape index (κ2) is 8.30. The van der Waals surface area contributed by atoms with Crippen LogP contribution in [0.3, 0.4) is 0 Å². The van der Waals surface area contributed by atoms with E-state index in [4.69, 9.17) is 14.2 Å². The maximum Gasteiger partial charge on any atom is 0.231 e. The lowest BCUT2D eigenvalue weighted by molar-refractivity contribution is -0.231. The van der Waals surface area contributed by atoms with Gasteiger partial charge in [0.25, 0.3) is 0 Å². The van der Waals surface area contributed by atoms with Crippen molar-refractivity contribution < 1.29 is 34.6 Å². The Labute approximate surface area is 169 Å². The summed E-state index contributed by atoms with van der Waals surface area (Å²) in [5, 5.41) is 40.0. The van der Waals surface area contributed by atoms with Gasteiger partial charge in [-0.25, -0.2) is 0 Å². The van der Waals surface area contributed by atoms with E-state index < -0.39 is 37.1 Å². The minimum absolute atomic E-state index is 0.228. The minimum Gasteiger partial charge on any atom is -0.454 e. The fourth-order valence-corrected chi connectivity index (χ4v) is 3.98. The number of fused-ring (bicyclic) bond motifs is 1. The van der Waals surface area contributed by atoms with Crippen LogP contribution in [0.5, 0.6) is 11.5 Å². The van der Waals surface area contributed by atoms with Gasteiger partial charge >= 0.3 is 0 Å². The van der Waals surface area contributed by atoms with Crippen molar-refractivity contribution in [3.05, 3.63) is 58.7 Å². The molecule has 1 saturated heterocycles. The summed E-state index contributed by atoms with van der Waals surface area (Å²) < 4.78 is 16.5. The van der Waals surface area contributed by atoms with Crippen LogP contribution < -0.4 is 9.47 Å². The van der Waals surface area contributed by atoms with E-state index in [0.29, 0.717) is 12.0 Å². The van der Waals surface area contributed by atoms with E-state index in [9.17, 15) is 20.4 Å². The fourth-order valence-electron chi connectivity index (χ4n) is 3.98. The maximum atomic E-state index is 10.4. The summed E-state index contributed by atoms with van der Waals surface area (Å²) in [5.41, 5.74) is 3.99. The smallest absolute Gasteiger partial charge is 0.231 e. The van der Waals surface area contributed by atoms with Crippen molar-refractivity contribution in [3.8, 4) is 11.5 Å². The molecule has 0 bridgehead atoms. The first-order valence-corrected chi connectivity index (χ1v) is 9.82. The van der Waals surface area contributed by atoms with Gasteiger partial charge in [-0.15, -0.1) is 0 Å². The van der Waals surface area contributed by atoms with Crippen LogP contribution >= 0.6 is 0 Å². The molecule has 2 aliphatic rings. The van der Waals surface area contributed by atoms with Crippen molar-refractivity contribution in [2.24, 2.45) is 0 Å². The summed E-state index contributed by atoms with van der Waals surface area (Å²) in [5.74, 6) is 1.46. The van der Waals surface area contributed by atoms with Gasteiger partial charge in [-0.3, -0.25) is 0 Å². The first-order chi connectivity index (χ1) is 14.0. The summed E-state index contributed by atoms with van der Waals surface area (Å²) in [7, 11) is 0. The highest BCUT2D eigenvalue weighted by Crippen LogP contribution is 2.35. The fraction of sp³-hybridized carbons (Fsp3) is 0.455. The molecule has 0 unspecified atom stereocenters. The summed E-state index contributed by atoms with van der Waals surface area (Å²) >= 11 is 0. The lowest BCUT2D eigenvalue weighted by atomic mass is 9.88. The molecule has 29 heavy (non-hydrogen) atoms. The third-order valence-electron chi connectivity index (χ3n) is 5.66. The molecule has 2 aliphatic heterocycles. The number of aliphatic hydroxyl groups excluding tert-OH is 4. The molecule has 1 fully saturated rings. The van der Waals surface area contributed by atoms with E-state index in [1.807, 2.05) is 36.4 Å². The molecule has 7 nitrogen and oxygen atoms in total. The van der Waals surface area contributed by atoms with Gasteiger partial charge in [-0.1, -0.05) is 31.2 Å². The predicted molar refractivity (Wildman–Crippen MR) is 104 cm³/mol. The topological polar surface area (TPSA) is 109 Å². The molecule has 0 aromatic heterocycles. The highest BCUT2D eigenvalue weighted by Gasteiger charge is 2.44. The summed E-state index contributed by atoms with van der Waals surface area (Å²) in [6, 6.07) is 11.6. The first kappa shape index (κ1) is 20.1. The van der Waals surface area contributed by atoms with Crippen molar-refractivity contribution in [2.45, 2.75) is 50.3 Å². The quantitative estimate of drug-likeness (QED) is 0.593. The van der Waals surface area contributed by atoms with Gasteiger partial charge in [-0.2, -0.15) is 0 Å². The molecule has 5 atom stereocenters. The Kier molecular flexibility index (Phi) is 5.76. The van der Waals surface area contributed by atoms with Gasteiger partial charge < -0.3 is 34.6 Å². The van der Waals surface area contributed by atoms with Crippen molar-refractivity contribution in [1.29, 1.82) is 0 Å². The minimum atomic E-state index is -1.39. The van der Waals surface area contributed by atoms with Crippen molar-refractivity contribution >= 4 is 0 Å². The molecule has 4 rings (SSSR count). The zero-order chi connectivity index (χ0) is 20.5. The highest BCUT2D eigenvalue weighted by molar-refractivity contribution is 5.46. The van der Waals surface area contributed by atoms with Crippen LogP contribution in [0, 0.1) is 0 Å². The normalized spacial score (nSPS) is 28.5. The molecular weight excluding hydrogens is 376 g/mol. The summed E-state index contributed by atoms with van der Waals surface area (Å²) in [6.07, 6.45) is -4.32. The monoisotopic (exact) mass is 402 g/mol. The Morgan fingerprint density at radius 2 is 1.69 bits per heavy atom. The van der Waals surface area contributed by atoms with E-state index >= 15 is 0 Å². The average molecular weight is 402 g/mol. The molecule has 2 aromatic rings.